The summed E-state index contributed by atoms with van der Waals surface area (Å²) >= 11 is 6.42. The van der Waals surface area contributed by atoms with Crippen LogP contribution >= 0.6 is 11.6 Å². The second kappa shape index (κ2) is 9.53. The van der Waals surface area contributed by atoms with Gasteiger partial charge in [0.05, 0.1) is 34.7 Å². The minimum Gasteiger partial charge on any atom is -0.490 e. The highest BCUT2D eigenvalue weighted by atomic mass is 35.5. The lowest BCUT2D eigenvalue weighted by molar-refractivity contribution is 0.0584. The Morgan fingerprint density at radius 3 is 2.60 bits per heavy atom. The molecule has 184 valence electrons. The molecule has 3 heterocycles. The van der Waals surface area contributed by atoms with Crippen molar-refractivity contribution in [2.75, 3.05) is 11.4 Å². The molecule has 1 aromatic heterocycles. The number of amides is 1. The van der Waals surface area contributed by atoms with Crippen LogP contribution in [0.25, 0.3) is 11.8 Å². The van der Waals surface area contributed by atoms with Crippen LogP contribution in [0.3, 0.4) is 0 Å². The number of anilines is 1. The third-order valence-electron chi connectivity index (χ3n) is 6.51. The van der Waals surface area contributed by atoms with Crippen LogP contribution in [0.15, 0.2) is 51.7 Å². The van der Waals surface area contributed by atoms with Gasteiger partial charge in [0.15, 0.2) is 0 Å². The van der Waals surface area contributed by atoms with Crippen LogP contribution in [-0.2, 0) is 11.3 Å². The molecule has 1 amide bonds. The van der Waals surface area contributed by atoms with Crippen molar-refractivity contribution in [3.05, 3.63) is 57.7 Å². The van der Waals surface area contributed by atoms with Gasteiger partial charge in [-0.05, 0) is 70.7 Å². The Balaban J connectivity index is 1.45. The fourth-order valence-corrected chi connectivity index (χ4v) is 5.13. The van der Waals surface area contributed by atoms with Crippen molar-refractivity contribution < 1.29 is 14.3 Å². The molecular formula is C27H31ClN4O3. The maximum atomic E-state index is 13.1. The van der Waals surface area contributed by atoms with Gasteiger partial charge < -0.3 is 14.5 Å². The Kier molecular flexibility index (Phi) is 6.45. The Labute approximate surface area is 210 Å². The second-order valence-electron chi connectivity index (χ2n) is 10.3. The van der Waals surface area contributed by atoms with E-state index in [1.54, 1.807) is 4.90 Å². The fourth-order valence-electron chi connectivity index (χ4n) is 4.95. The molecule has 8 heteroatoms. The SMILES string of the molecule is CC(C)(C)OC(=O)N1CC=C(Cl)C=c2[nH]c3c(c21)CN=NC=3[C@H]1CC[C@@H](Oc2ccccc2)CC1. The molecule has 0 unspecified atom stereocenters. The van der Waals surface area contributed by atoms with Gasteiger partial charge in [-0.1, -0.05) is 29.8 Å². The number of ether oxygens (including phenoxy) is 2. The molecule has 1 aromatic carbocycles. The van der Waals surface area contributed by atoms with Crippen molar-refractivity contribution in [1.82, 2.24) is 4.98 Å². The summed E-state index contributed by atoms with van der Waals surface area (Å²) in [7, 11) is 0. The third-order valence-corrected chi connectivity index (χ3v) is 6.77. The van der Waals surface area contributed by atoms with Crippen LogP contribution in [0.2, 0.25) is 0 Å². The number of hydrogen-bond acceptors (Lipinski definition) is 5. The van der Waals surface area contributed by atoms with E-state index < -0.39 is 11.7 Å². The molecule has 0 saturated heterocycles. The summed E-state index contributed by atoms with van der Waals surface area (Å²) in [4.78, 5) is 18.3. The van der Waals surface area contributed by atoms with Crippen molar-refractivity contribution in [2.24, 2.45) is 16.1 Å². The lowest BCUT2D eigenvalue weighted by Crippen LogP contribution is -2.39. The zero-order valence-corrected chi connectivity index (χ0v) is 21.1. The summed E-state index contributed by atoms with van der Waals surface area (Å²) in [6.07, 6.45) is 7.33. The molecule has 1 fully saturated rings. The van der Waals surface area contributed by atoms with E-state index in [4.69, 9.17) is 21.1 Å². The molecule has 0 radical (unpaired) electrons. The third kappa shape index (κ3) is 5.15. The molecule has 1 aliphatic carbocycles. The maximum Gasteiger partial charge on any atom is 0.415 e. The van der Waals surface area contributed by atoms with Crippen LogP contribution in [0.4, 0.5) is 10.5 Å². The fraction of sp³-hybridized carbons (Fsp3) is 0.444. The monoisotopic (exact) mass is 494 g/mol. The number of aromatic amines is 1. The standard InChI is InChI=1S/C27H31ClN4O3/c1-27(2,3)35-26(33)32-14-13-18(28)15-22-25(32)21-16-29-31-23(24(21)30-22)17-9-11-20(12-10-17)34-19-7-5-4-6-8-19/h4-8,13,15,17,20,30H,9-12,14,16H2,1-3H3/t17-,20+. The zero-order valence-electron chi connectivity index (χ0n) is 20.4. The molecule has 3 aliphatic rings. The molecule has 2 aromatic rings. The Morgan fingerprint density at radius 1 is 1.14 bits per heavy atom. The van der Waals surface area contributed by atoms with Crippen molar-refractivity contribution in [3.63, 3.8) is 0 Å². The summed E-state index contributed by atoms with van der Waals surface area (Å²) in [5, 5.41) is 11.4. The van der Waals surface area contributed by atoms with E-state index in [-0.39, 0.29) is 12.0 Å². The van der Waals surface area contributed by atoms with Gasteiger partial charge in [-0.2, -0.15) is 10.2 Å². The number of carbonyl (C=O) groups excluding carboxylic acids is 1. The van der Waals surface area contributed by atoms with Crippen LogP contribution in [0.1, 0.15) is 52.0 Å². The molecule has 0 spiro atoms. The van der Waals surface area contributed by atoms with E-state index in [1.807, 2.05) is 63.3 Å². The van der Waals surface area contributed by atoms with E-state index >= 15 is 0 Å². The Hall–Kier alpha value is -3.06. The molecule has 0 bridgehead atoms. The molecule has 2 aliphatic heterocycles. The predicted octanol–water partition coefficient (Wildman–Crippen LogP) is 5.38. The number of para-hydroxylation sites is 1. The lowest BCUT2D eigenvalue weighted by atomic mass is 9.84. The summed E-state index contributed by atoms with van der Waals surface area (Å²) in [6.45, 7) is 6.33. The average Bonchev–Trinajstić information content (AvgIpc) is 3.08. The van der Waals surface area contributed by atoms with Gasteiger partial charge in [0.2, 0.25) is 0 Å². The number of fused-ring (bicyclic) bond motifs is 3. The number of halogens is 1. The van der Waals surface area contributed by atoms with Gasteiger partial charge >= 0.3 is 6.09 Å². The van der Waals surface area contributed by atoms with E-state index in [1.165, 1.54) is 0 Å². The highest BCUT2D eigenvalue weighted by molar-refractivity contribution is 6.34. The molecule has 7 nitrogen and oxygen atoms in total. The van der Waals surface area contributed by atoms with E-state index in [0.29, 0.717) is 18.1 Å². The summed E-state index contributed by atoms with van der Waals surface area (Å²) in [5.74, 6) is 1.19. The van der Waals surface area contributed by atoms with E-state index in [2.05, 4.69) is 15.2 Å². The molecule has 35 heavy (non-hydrogen) atoms. The predicted molar refractivity (Wildman–Crippen MR) is 137 cm³/mol. The summed E-state index contributed by atoms with van der Waals surface area (Å²) < 4.78 is 11.9. The van der Waals surface area contributed by atoms with Crippen LogP contribution < -0.4 is 20.3 Å². The van der Waals surface area contributed by atoms with Crippen molar-refractivity contribution in [3.8, 4) is 5.75 Å². The number of allylic oxidation sites excluding steroid dienone is 1. The number of nitrogens with zero attached hydrogens (tertiary/aromatic N) is 3. The summed E-state index contributed by atoms with van der Waals surface area (Å²) in [6, 6.07) is 9.99. The first-order valence-electron chi connectivity index (χ1n) is 12.2. The van der Waals surface area contributed by atoms with E-state index in [0.717, 1.165) is 59.1 Å². The highest BCUT2D eigenvalue weighted by Gasteiger charge is 2.32. The number of aromatic nitrogens is 1. The molecule has 1 N–H and O–H groups in total. The van der Waals surface area contributed by atoms with Crippen LogP contribution in [0, 0.1) is 5.92 Å². The van der Waals surface area contributed by atoms with E-state index in [9.17, 15) is 4.79 Å². The topological polar surface area (TPSA) is 79.3 Å². The lowest BCUT2D eigenvalue weighted by Gasteiger charge is -2.29. The number of H-pyrrole nitrogens is 1. The number of benzene rings is 1. The number of nitrogens with one attached hydrogen (secondary N) is 1. The average molecular weight is 495 g/mol. The molecule has 5 rings (SSSR count). The van der Waals surface area contributed by atoms with Crippen LogP contribution in [0.5, 0.6) is 5.75 Å². The smallest absolute Gasteiger partial charge is 0.415 e. The molecular weight excluding hydrogens is 464 g/mol. The Morgan fingerprint density at radius 2 is 1.89 bits per heavy atom. The van der Waals surface area contributed by atoms with Crippen molar-refractivity contribution in [1.29, 1.82) is 0 Å². The quantitative estimate of drug-likeness (QED) is 0.621. The first kappa shape index (κ1) is 23.7. The van der Waals surface area contributed by atoms with Gasteiger partial charge in [0.25, 0.3) is 0 Å². The number of rotatable bonds is 3. The molecule has 1 saturated carbocycles. The first-order valence-corrected chi connectivity index (χ1v) is 12.6. The van der Waals surface area contributed by atoms with Gasteiger partial charge in [0.1, 0.15) is 11.4 Å². The normalized spacial score (nSPS) is 21.9. The van der Waals surface area contributed by atoms with Gasteiger partial charge in [-0.3, -0.25) is 4.90 Å². The second-order valence-corrected chi connectivity index (χ2v) is 10.7. The van der Waals surface area contributed by atoms with Crippen molar-refractivity contribution >= 4 is 35.2 Å². The zero-order chi connectivity index (χ0) is 24.6. The minimum absolute atomic E-state index is 0.203. The summed E-state index contributed by atoms with van der Waals surface area (Å²) in [5.41, 5.74) is 2.09. The maximum absolute atomic E-state index is 13.1. The first-order chi connectivity index (χ1) is 16.8. The number of hydrogen-bond donors (Lipinski definition) is 1. The van der Waals surface area contributed by atoms with Crippen molar-refractivity contribution in [2.45, 2.75) is 64.7 Å². The largest absolute Gasteiger partial charge is 0.490 e. The minimum atomic E-state index is -0.603. The van der Waals surface area contributed by atoms with Gasteiger partial charge in [-0.25, -0.2) is 4.79 Å². The number of carbonyl (C=O) groups is 1. The van der Waals surface area contributed by atoms with Crippen LogP contribution in [-0.4, -0.2) is 29.3 Å². The Bertz CT molecular complexity index is 1280. The highest BCUT2D eigenvalue weighted by Crippen LogP contribution is 2.35. The number of azo groups is 1. The van der Waals surface area contributed by atoms with Gasteiger partial charge in [-0.15, -0.1) is 0 Å². The molecule has 0 atom stereocenters. The van der Waals surface area contributed by atoms with Gasteiger partial charge in [0, 0.05) is 23.1 Å².